The molecule has 37 heavy (non-hydrogen) atoms. The SMILES string of the molecule is Cc1ncc(NC(=O)c2ccnc(C(F)(F)F)c2)cc1-c1cc(NCCO)nc(N2CCOCC2C)c1. The number of carbonyl (C=O) groups is 1. The molecule has 1 fully saturated rings. The van der Waals surface area contributed by atoms with Gasteiger partial charge >= 0.3 is 6.18 Å². The number of halogens is 3. The molecule has 3 aromatic heterocycles. The van der Waals surface area contributed by atoms with Gasteiger partial charge in [0.2, 0.25) is 0 Å². The third-order valence-corrected chi connectivity index (χ3v) is 5.86. The van der Waals surface area contributed by atoms with Gasteiger partial charge in [0.25, 0.3) is 5.91 Å². The molecular formula is C25H27F3N6O3. The minimum atomic E-state index is -4.66. The van der Waals surface area contributed by atoms with Crippen LogP contribution in [-0.4, -0.2) is 64.9 Å². The molecule has 0 aliphatic carbocycles. The summed E-state index contributed by atoms with van der Waals surface area (Å²) >= 11 is 0. The Morgan fingerprint density at radius 3 is 2.78 bits per heavy atom. The Balaban J connectivity index is 1.66. The van der Waals surface area contributed by atoms with E-state index < -0.39 is 17.8 Å². The summed E-state index contributed by atoms with van der Waals surface area (Å²) in [5, 5.41) is 15.0. The number of aryl methyl sites for hydroxylation is 1. The van der Waals surface area contributed by atoms with Crippen LogP contribution in [0.1, 0.15) is 28.7 Å². The second kappa shape index (κ2) is 11.1. The van der Waals surface area contributed by atoms with Gasteiger partial charge in [0.05, 0.1) is 37.7 Å². The zero-order chi connectivity index (χ0) is 26.6. The number of amides is 1. The van der Waals surface area contributed by atoms with E-state index in [2.05, 4.69) is 25.5 Å². The molecular weight excluding hydrogens is 489 g/mol. The molecule has 1 atom stereocenters. The van der Waals surface area contributed by atoms with Gasteiger partial charge < -0.3 is 25.4 Å². The number of nitrogens with one attached hydrogen (secondary N) is 2. The van der Waals surface area contributed by atoms with Crippen LogP contribution in [-0.2, 0) is 10.9 Å². The van der Waals surface area contributed by atoms with Gasteiger partial charge in [-0.2, -0.15) is 13.2 Å². The molecule has 196 valence electrons. The number of morpholine rings is 1. The van der Waals surface area contributed by atoms with E-state index in [9.17, 15) is 23.1 Å². The maximum Gasteiger partial charge on any atom is 0.433 e. The van der Waals surface area contributed by atoms with Crippen LogP contribution in [0.5, 0.6) is 0 Å². The fourth-order valence-corrected chi connectivity index (χ4v) is 3.98. The number of aromatic nitrogens is 3. The zero-order valence-corrected chi connectivity index (χ0v) is 20.3. The summed E-state index contributed by atoms with van der Waals surface area (Å²) in [5.41, 5.74) is 1.16. The van der Waals surface area contributed by atoms with Crippen molar-refractivity contribution in [2.24, 2.45) is 0 Å². The van der Waals surface area contributed by atoms with E-state index in [4.69, 9.17) is 9.72 Å². The number of ether oxygens (including phenoxy) is 1. The molecule has 1 saturated heterocycles. The first-order valence-corrected chi connectivity index (χ1v) is 11.7. The first kappa shape index (κ1) is 26.3. The lowest BCUT2D eigenvalue weighted by Crippen LogP contribution is -2.44. The third kappa shape index (κ3) is 6.33. The number of pyridine rings is 3. The number of alkyl halides is 3. The molecule has 1 amide bonds. The Hall–Kier alpha value is -3.77. The third-order valence-electron chi connectivity index (χ3n) is 5.86. The first-order valence-electron chi connectivity index (χ1n) is 11.7. The second-order valence-corrected chi connectivity index (χ2v) is 8.61. The van der Waals surface area contributed by atoms with Crippen LogP contribution in [0.4, 0.5) is 30.5 Å². The van der Waals surface area contributed by atoms with Crippen molar-refractivity contribution in [1.29, 1.82) is 0 Å². The van der Waals surface area contributed by atoms with Crippen LogP contribution >= 0.6 is 0 Å². The molecule has 3 N–H and O–H groups in total. The average molecular weight is 517 g/mol. The zero-order valence-electron chi connectivity index (χ0n) is 20.3. The van der Waals surface area contributed by atoms with Gasteiger partial charge in [-0.1, -0.05) is 0 Å². The highest BCUT2D eigenvalue weighted by molar-refractivity contribution is 6.04. The Morgan fingerprint density at radius 1 is 1.24 bits per heavy atom. The molecule has 0 bridgehead atoms. The van der Waals surface area contributed by atoms with Gasteiger partial charge in [-0.05, 0) is 49.7 Å². The standard InChI is InChI=1S/C25H27F3N6O3/c1-15-14-37-8-6-34(15)23-11-18(10-22(33-23)30-5-7-35)20-12-19(13-31-16(20)2)32-24(36)17-3-4-29-21(9-17)25(26,27)28/h3-4,9-13,15,35H,5-8,14H2,1-2H3,(H,30,33)(H,32,36). The number of hydrogen-bond donors (Lipinski definition) is 3. The van der Waals surface area contributed by atoms with Crippen molar-refractivity contribution in [3.05, 3.63) is 59.7 Å². The smallest absolute Gasteiger partial charge is 0.395 e. The fraction of sp³-hybridized carbons (Fsp3) is 0.360. The number of anilines is 3. The quantitative estimate of drug-likeness (QED) is 0.435. The van der Waals surface area contributed by atoms with Crippen LogP contribution in [0, 0.1) is 6.92 Å². The van der Waals surface area contributed by atoms with E-state index in [0.717, 1.165) is 17.6 Å². The van der Waals surface area contributed by atoms with Crippen molar-refractivity contribution in [1.82, 2.24) is 15.0 Å². The Kier molecular flexibility index (Phi) is 7.89. The predicted octanol–water partition coefficient (Wildman–Crippen LogP) is 3.75. The highest BCUT2D eigenvalue weighted by atomic mass is 19.4. The van der Waals surface area contributed by atoms with Gasteiger partial charge in [0.15, 0.2) is 0 Å². The lowest BCUT2D eigenvalue weighted by atomic mass is 10.0. The number of carbonyl (C=O) groups excluding carboxylic acids is 1. The fourth-order valence-electron chi connectivity index (χ4n) is 3.98. The van der Waals surface area contributed by atoms with Crippen molar-refractivity contribution < 1.29 is 27.8 Å². The average Bonchev–Trinajstić information content (AvgIpc) is 2.88. The van der Waals surface area contributed by atoms with Crippen molar-refractivity contribution in [2.75, 3.05) is 48.4 Å². The summed E-state index contributed by atoms with van der Waals surface area (Å²) < 4.78 is 44.6. The largest absolute Gasteiger partial charge is 0.433 e. The molecule has 1 aliphatic heterocycles. The van der Waals surface area contributed by atoms with E-state index in [-0.39, 0.29) is 18.2 Å². The van der Waals surface area contributed by atoms with E-state index in [0.29, 0.717) is 55.1 Å². The Labute approximate surface area is 211 Å². The minimum Gasteiger partial charge on any atom is -0.395 e. The molecule has 3 aromatic rings. The maximum atomic E-state index is 13.0. The van der Waals surface area contributed by atoms with Crippen LogP contribution in [0.15, 0.2) is 42.7 Å². The number of hydrogen-bond acceptors (Lipinski definition) is 8. The summed E-state index contributed by atoms with van der Waals surface area (Å²) in [6.45, 7) is 5.91. The summed E-state index contributed by atoms with van der Waals surface area (Å²) in [6, 6.07) is 7.47. The summed E-state index contributed by atoms with van der Waals surface area (Å²) in [4.78, 5) is 27.2. The monoisotopic (exact) mass is 516 g/mol. The molecule has 12 heteroatoms. The number of rotatable bonds is 7. The summed E-state index contributed by atoms with van der Waals surface area (Å²) in [5.74, 6) is 0.567. The predicted molar refractivity (Wildman–Crippen MR) is 133 cm³/mol. The molecule has 1 unspecified atom stereocenters. The normalized spacial score (nSPS) is 15.9. The molecule has 0 aromatic carbocycles. The number of aliphatic hydroxyl groups excluding tert-OH is 1. The second-order valence-electron chi connectivity index (χ2n) is 8.61. The van der Waals surface area contributed by atoms with Crippen molar-refractivity contribution >= 4 is 23.2 Å². The van der Waals surface area contributed by atoms with E-state index in [1.165, 1.54) is 12.3 Å². The lowest BCUT2D eigenvalue weighted by Gasteiger charge is -2.34. The lowest BCUT2D eigenvalue weighted by molar-refractivity contribution is -0.141. The highest BCUT2D eigenvalue weighted by Crippen LogP contribution is 2.32. The minimum absolute atomic E-state index is 0.0671. The molecule has 0 spiro atoms. The summed E-state index contributed by atoms with van der Waals surface area (Å²) in [6.07, 6.45) is -2.27. The van der Waals surface area contributed by atoms with Gasteiger partial charge in [-0.25, -0.2) is 4.98 Å². The van der Waals surface area contributed by atoms with Gasteiger partial charge in [-0.15, -0.1) is 0 Å². The van der Waals surface area contributed by atoms with Gasteiger partial charge in [0, 0.05) is 36.1 Å². The van der Waals surface area contributed by atoms with Crippen LogP contribution < -0.4 is 15.5 Å². The molecule has 4 rings (SSSR count). The Bertz CT molecular complexity index is 1270. The van der Waals surface area contributed by atoms with Crippen molar-refractivity contribution in [3.8, 4) is 11.1 Å². The van der Waals surface area contributed by atoms with Crippen molar-refractivity contribution in [3.63, 3.8) is 0 Å². The highest BCUT2D eigenvalue weighted by Gasteiger charge is 2.33. The Morgan fingerprint density at radius 2 is 2.05 bits per heavy atom. The van der Waals surface area contributed by atoms with Gasteiger partial charge in [0.1, 0.15) is 17.3 Å². The van der Waals surface area contributed by atoms with E-state index in [1.54, 1.807) is 6.07 Å². The maximum absolute atomic E-state index is 13.0. The van der Waals surface area contributed by atoms with Crippen molar-refractivity contribution in [2.45, 2.75) is 26.1 Å². The molecule has 4 heterocycles. The van der Waals surface area contributed by atoms with E-state index in [1.807, 2.05) is 26.0 Å². The van der Waals surface area contributed by atoms with Crippen LogP contribution in [0.2, 0.25) is 0 Å². The molecule has 9 nitrogen and oxygen atoms in total. The summed E-state index contributed by atoms with van der Waals surface area (Å²) in [7, 11) is 0. The topological polar surface area (TPSA) is 112 Å². The van der Waals surface area contributed by atoms with Crippen LogP contribution in [0.3, 0.4) is 0 Å². The number of nitrogens with zero attached hydrogens (tertiary/aromatic N) is 4. The molecule has 0 radical (unpaired) electrons. The van der Waals surface area contributed by atoms with Crippen LogP contribution in [0.25, 0.3) is 11.1 Å². The molecule has 1 aliphatic rings. The first-order chi connectivity index (χ1) is 17.7. The van der Waals surface area contributed by atoms with Gasteiger partial charge in [-0.3, -0.25) is 14.8 Å². The number of aliphatic hydroxyl groups is 1. The van der Waals surface area contributed by atoms with E-state index >= 15 is 0 Å². The molecule has 0 saturated carbocycles.